The summed E-state index contributed by atoms with van der Waals surface area (Å²) >= 11 is 1.20. The molecule has 1 atom stereocenters. The predicted molar refractivity (Wildman–Crippen MR) is 78.8 cm³/mol. The number of carbonyl (C=O) groups is 1. The van der Waals surface area contributed by atoms with Crippen LogP contribution in [0.4, 0.5) is 0 Å². The van der Waals surface area contributed by atoms with Gasteiger partial charge in [-0.15, -0.1) is 0 Å². The minimum absolute atomic E-state index is 0.0247. The molecule has 0 fully saturated rings. The van der Waals surface area contributed by atoms with Crippen molar-refractivity contribution in [2.45, 2.75) is 52.2 Å². The summed E-state index contributed by atoms with van der Waals surface area (Å²) in [5.74, 6) is 0.207. The second kappa shape index (κ2) is 5.79. The van der Waals surface area contributed by atoms with Gasteiger partial charge in [-0.25, -0.2) is 0 Å². The Kier molecular flexibility index (Phi) is 4.85. The van der Waals surface area contributed by atoms with Gasteiger partial charge in [0, 0.05) is 5.57 Å². The third-order valence-electron chi connectivity index (χ3n) is 3.05. The van der Waals surface area contributed by atoms with E-state index in [1.807, 2.05) is 13.0 Å². The van der Waals surface area contributed by atoms with Crippen LogP contribution in [-0.4, -0.2) is 15.0 Å². The Labute approximate surface area is 114 Å². The van der Waals surface area contributed by atoms with Gasteiger partial charge >= 0.3 is 0 Å². The maximum atomic E-state index is 11.6. The number of hydrogen-bond acceptors (Lipinski definition) is 3. The summed E-state index contributed by atoms with van der Waals surface area (Å²) in [4.78, 5) is 11.6. The van der Waals surface area contributed by atoms with Crippen molar-refractivity contribution in [2.24, 2.45) is 0 Å². The first-order valence-electron chi connectivity index (χ1n) is 6.21. The summed E-state index contributed by atoms with van der Waals surface area (Å²) < 4.78 is -0.573. The molecule has 0 aromatic rings. The fraction of sp³-hybridized carbons (Fsp3) is 0.533. The van der Waals surface area contributed by atoms with Crippen LogP contribution in [0.1, 0.15) is 47.5 Å². The van der Waals surface area contributed by atoms with Crippen LogP contribution in [0.2, 0.25) is 0 Å². The maximum absolute atomic E-state index is 11.6. The van der Waals surface area contributed by atoms with Crippen LogP contribution >= 0.6 is 11.8 Å². The number of allylic oxidation sites excluding steroid dienone is 3. The topological polar surface area (TPSA) is 37.3 Å². The van der Waals surface area contributed by atoms with E-state index in [0.717, 1.165) is 12.8 Å². The normalized spacial score (nSPS) is 24.7. The quantitative estimate of drug-likeness (QED) is 0.759. The molecule has 3 heteroatoms. The Bertz CT molecular complexity index is 439. The molecule has 0 saturated heterocycles. The average molecular weight is 266 g/mol. The number of carbonyl (C=O) groups excluding carboxylic acids is 1. The molecule has 1 unspecified atom stereocenters. The van der Waals surface area contributed by atoms with Gasteiger partial charge in [-0.2, -0.15) is 0 Å². The third kappa shape index (κ3) is 3.52. The zero-order chi connectivity index (χ0) is 13.9. The highest BCUT2D eigenvalue weighted by Gasteiger charge is 2.40. The number of aliphatic hydroxyl groups excluding tert-OH is 1. The lowest BCUT2D eigenvalue weighted by Crippen LogP contribution is -2.17. The van der Waals surface area contributed by atoms with Crippen LogP contribution in [0.25, 0.3) is 0 Å². The molecule has 1 aliphatic rings. The van der Waals surface area contributed by atoms with Gasteiger partial charge in [-0.3, -0.25) is 4.79 Å². The zero-order valence-electron chi connectivity index (χ0n) is 11.8. The van der Waals surface area contributed by atoms with Crippen LogP contribution in [0.5, 0.6) is 0 Å². The molecule has 0 amide bonds. The zero-order valence-corrected chi connectivity index (χ0v) is 12.6. The fourth-order valence-corrected chi connectivity index (χ4v) is 3.16. The molecular weight excluding hydrogens is 244 g/mol. The first-order chi connectivity index (χ1) is 8.26. The molecule has 1 N–H and O–H groups in total. The summed E-state index contributed by atoms with van der Waals surface area (Å²) in [5.41, 5.74) is 3.01. The standard InChI is InChI=1S/C15H22O2S/c1-10(2)7-6-8-11(3)9-15(5)13(16)12(4)14(17)18-15/h7,9,16H,6,8H2,1-5H3/b11-9+. The minimum atomic E-state index is -0.573. The second-order valence-corrected chi connectivity index (χ2v) is 6.70. The molecular formula is C15H22O2S. The number of rotatable bonds is 4. The first-order valence-corrected chi connectivity index (χ1v) is 7.03. The van der Waals surface area contributed by atoms with Gasteiger partial charge in [-0.05, 0) is 47.5 Å². The first kappa shape index (κ1) is 15.1. The Morgan fingerprint density at radius 3 is 2.44 bits per heavy atom. The lowest BCUT2D eigenvalue weighted by Gasteiger charge is -2.19. The largest absolute Gasteiger partial charge is 0.510 e. The number of aliphatic hydroxyl groups is 1. The molecule has 0 bridgehead atoms. The van der Waals surface area contributed by atoms with E-state index in [-0.39, 0.29) is 10.9 Å². The van der Waals surface area contributed by atoms with Crippen molar-refractivity contribution in [1.29, 1.82) is 0 Å². The van der Waals surface area contributed by atoms with Crippen molar-refractivity contribution in [1.82, 2.24) is 0 Å². The summed E-state index contributed by atoms with van der Waals surface area (Å²) in [6, 6.07) is 0. The maximum Gasteiger partial charge on any atom is 0.219 e. The van der Waals surface area contributed by atoms with E-state index in [4.69, 9.17) is 0 Å². The van der Waals surface area contributed by atoms with Crippen molar-refractivity contribution in [2.75, 3.05) is 0 Å². The summed E-state index contributed by atoms with van der Waals surface area (Å²) in [6.45, 7) is 9.80. The lowest BCUT2D eigenvalue weighted by molar-refractivity contribution is -0.107. The van der Waals surface area contributed by atoms with Crippen molar-refractivity contribution < 1.29 is 9.90 Å². The summed E-state index contributed by atoms with van der Waals surface area (Å²) in [6.07, 6.45) is 6.18. The Balaban J connectivity index is 2.77. The van der Waals surface area contributed by atoms with E-state index in [9.17, 15) is 9.90 Å². The van der Waals surface area contributed by atoms with Crippen LogP contribution in [0.15, 0.2) is 34.6 Å². The van der Waals surface area contributed by atoms with Crippen LogP contribution in [-0.2, 0) is 4.79 Å². The fourth-order valence-electron chi connectivity index (χ4n) is 2.02. The summed E-state index contributed by atoms with van der Waals surface area (Å²) in [5, 5.41) is 10.0. The van der Waals surface area contributed by atoms with Crippen LogP contribution in [0.3, 0.4) is 0 Å². The third-order valence-corrected chi connectivity index (χ3v) is 4.28. The smallest absolute Gasteiger partial charge is 0.219 e. The van der Waals surface area contributed by atoms with Gasteiger partial charge in [0.15, 0.2) is 0 Å². The molecule has 2 nitrogen and oxygen atoms in total. The summed E-state index contributed by atoms with van der Waals surface area (Å²) in [7, 11) is 0. The molecule has 100 valence electrons. The molecule has 1 rings (SSSR count). The second-order valence-electron chi connectivity index (χ2n) is 5.28. The van der Waals surface area contributed by atoms with E-state index < -0.39 is 4.75 Å². The van der Waals surface area contributed by atoms with Crippen LogP contribution in [0, 0.1) is 0 Å². The van der Waals surface area contributed by atoms with E-state index in [1.54, 1.807) is 6.92 Å². The Hall–Kier alpha value is -0.960. The highest BCUT2D eigenvalue weighted by molar-refractivity contribution is 8.16. The average Bonchev–Trinajstić information content (AvgIpc) is 2.42. The highest BCUT2D eigenvalue weighted by atomic mass is 32.2. The van der Waals surface area contributed by atoms with Gasteiger partial charge in [0.25, 0.3) is 0 Å². The van der Waals surface area contributed by atoms with Gasteiger partial charge in [0.2, 0.25) is 5.12 Å². The van der Waals surface area contributed by atoms with Crippen molar-refractivity contribution in [3.63, 3.8) is 0 Å². The molecule has 0 saturated carbocycles. The van der Waals surface area contributed by atoms with Gasteiger partial charge < -0.3 is 5.11 Å². The van der Waals surface area contributed by atoms with Crippen molar-refractivity contribution in [3.8, 4) is 0 Å². The number of thioether (sulfide) groups is 1. The molecule has 1 aliphatic heterocycles. The molecule has 1 heterocycles. The Morgan fingerprint density at radius 2 is 2.00 bits per heavy atom. The monoisotopic (exact) mass is 266 g/mol. The van der Waals surface area contributed by atoms with Crippen molar-refractivity contribution in [3.05, 3.63) is 34.6 Å². The van der Waals surface area contributed by atoms with E-state index in [0.29, 0.717) is 5.57 Å². The molecule has 0 aliphatic carbocycles. The predicted octanol–water partition coefficient (Wildman–Crippen LogP) is 4.54. The Morgan fingerprint density at radius 1 is 1.39 bits per heavy atom. The van der Waals surface area contributed by atoms with Crippen LogP contribution < -0.4 is 0 Å². The van der Waals surface area contributed by atoms with Crippen molar-refractivity contribution >= 4 is 16.9 Å². The molecule has 0 aromatic carbocycles. The highest BCUT2D eigenvalue weighted by Crippen LogP contribution is 2.43. The number of hydrogen-bond donors (Lipinski definition) is 1. The van der Waals surface area contributed by atoms with Gasteiger partial charge in [0.1, 0.15) is 5.76 Å². The molecule has 0 spiro atoms. The van der Waals surface area contributed by atoms with E-state index in [1.165, 1.54) is 22.9 Å². The molecule has 18 heavy (non-hydrogen) atoms. The van der Waals surface area contributed by atoms with Gasteiger partial charge in [-0.1, -0.05) is 35.1 Å². The van der Waals surface area contributed by atoms with E-state index in [2.05, 4.69) is 26.8 Å². The lowest BCUT2D eigenvalue weighted by atomic mass is 10.00. The minimum Gasteiger partial charge on any atom is -0.510 e. The SMILES string of the molecule is CC(C)=CCC/C(C)=C/C1(C)SC(=O)C(C)=C1O. The van der Waals surface area contributed by atoms with E-state index >= 15 is 0 Å². The van der Waals surface area contributed by atoms with Gasteiger partial charge in [0.05, 0.1) is 4.75 Å². The molecule has 0 aromatic heterocycles. The molecule has 0 radical (unpaired) electrons.